The zero-order valence-corrected chi connectivity index (χ0v) is 14.7. The Morgan fingerprint density at radius 2 is 2.18 bits per heavy atom. The van der Waals surface area contributed by atoms with Crippen LogP contribution in [0.3, 0.4) is 0 Å². The molecule has 0 aromatic carbocycles. The van der Waals surface area contributed by atoms with Gasteiger partial charge >= 0.3 is 6.03 Å². The SMILES string of the molecule is CC1(C)CC(NC(=O)NCC(C)(O)c2cccs2)C(C)(C)O1. The van der Waals surface area contributed by atoms with Gasteiger partial charge < -0.3 is 20.5 Å². The fourth-order valence-corrected chi connectivity index (χ4v) is 3.71. The summed E-state index contributed by atoms with van der Waals surface area (Å²) in [6.45, 7) is 9.87. The molecule has 22 heavy (non-hydrogen) atoms. The van der Waals surface area contributed by atoms with E-state index in [4.69, 9.17) is 4.74 Å². The van der Waals surface area contributed by atoms with Gasteiger partial charge in [0, 0.05) is 4.88 Å². The van der Waals surface area contributed by atoms with Gasteiger partial charge in [0.05, 0.1) is 23.8 Å². The van der Waals surface area contributed by atoms with E-state index in [1.807, 2.05) is 45.2 Å². The predicted octanol–water partition coefficient (Wildman–Crippen LogP) is 2.60. The lowest BCUT2D eigenvalue weighted by molar-refractivity contribution is -0.0690. The van der Waals surface area contributed by atoms with Crippen LogP contribution < -0.4 is 10.6 Å². The van der Waals surface area contributed by atoms with Crippen molar-refractivity contribution in [2.75, 3.05) is 6.54 Å². The minimum absolute atomic E-state index is 0.0609. The Morgan fingerprint density at radius 1 is 1.50 bits per heavy atom. The summed E-state index contributed by atoms with van der Waals surface area (Å²) in [5.41, 5.74) is -1.71. The van der Waals surface area contributed by atoms with Gasteiger partial charge in [-0.25, -0.2) is 4.79 Å². The van der Waals surface area contributed by atoms with Crippen LogP contribution in [0.2, 0.25) is 0 Å². The Bertz CT molecular complexity index is 524. The number of urea groups is 1. The lowest BCUT2D eigenvalue weighted by Crippen LogP contribution is -2.51. The first kappa shape index (κ1) is 17.2. The highest BCUT2D eigenvalue weighted by Crippen LogP contribution is 2.37. The molecule has 2 atom stereocenters. The Balaban J connectivity index is 1.89. The highest BCUT2D eigenvalue weighted by molar-refractivity contribution is 7.10. The van der Waals surface area contributed by atoms with Crippen molar-refractivity contribution in [2.24, 2.45) is 0 Å². The summed E-state index contributed by atoms with van der Waals surface area (Å²) in [6, 6.07) is 3.40. The molecule has 2 rings (SSSR count). The van der Waals surface area contributed by atoms with E-state index in [1.165, 1.54) is 11.3 Å². The largest absolute Gasteiger partial charge is 0.383 e. The van der Waals surface area contributed by atoms with E-state index in [0.29, 0.717) is 0 Å². The number of thiophene rings is 1. The monoisotopic (exact) mass is 326 g/mol. The summed E-state index contributed by atoms with van der Waals surface area (Å²) in [7, 11) is 0. The number of ether oxygens (including phenoxy) is 1. The van der Waals surface area contributed by atoms with Gasteiger partial charge in [-0.15, -0.1) is 11.3 Å². The number of carbonyl (C=O) groups excluding carboxylic acids is 1. The van der Waals surface area contributed by atoms with Gasteiger partial charge in [0.25, 0.3) is 0 Å². The van der Waals surface area contributed by atoms with Crippen molar-refractivity contribution >= 4 is 17.4 Å². The van der Waals surface area contributed by atoms with Gasteiger partial charge in [0.1, 0.15) is 5.60 Å². The van der Waals surface area contributed by atoms with Crippen molar-refractivity contribution in [1.82, 2.24) is 10.6 Å². The van der Waals surface area contributed by atoms with Crippen molar-refractivity contribution in [3.8, 4) is 0 Å². The average Bonchev–Trinajstić information content (AvgIpc) is 2.94. The van der Waals surface area contributed by atoms with Crippen molar-refractivity contribution < 1.29 is 14.6 Å². The number of amides is 2. The van der Waals surface area contributed by atoms with Gasteiger partial charge in [0.2, 0.25) is 0 Å². The molecule has 1 aliphatic heterocycles. The number of nitrogens with one attached hydrogen (secondary N) is 2. The number of hydrogen-bond acceptors (Lipinski definition) is 4. The van der Waals surface area contributed by atoms with Gasteiger partial charge in [-0.2, -0.15) is 0 Å². The maximum absolute atomic E-state index is 12.1. The van der Waals surface area contributed by atoms with E-state index in [9.17, 15) is 9.90 Å². The highest BCUT2D eigenvalue weighted by Gasteiger charge is 2.46. The number of aliphatic hydroxyl groups is 1. The van der Waals surface area contributed by atoms with E-state index < -0.39 is 11.2 Å². The van der Waals surface area contributed by atoms with Crippen molar-refractivity contribution in [3.63, 3.8) is 0 Å². The van der Waals surface area contributed by atoms with Gasteiger partial charge in [-0.1, -0.05) is 6.07 Å². The average molecular weight is 326 g/mol. The topological polar surface area (TPSA) is 70.6 Å². The molecule has 0 aliphatic carbocycles. The van der Waals surface area contributed by atoms with Crippen LogP contribution in [0.1, 0.15) is 45.9 Å². The fourth-order valence-electron chi connectivity index (χ4n) is 2.92. The molecule has 0 spiro atoms. The third-order valence-corrected chi connectivity index (χ3v) is 5.15. The van der Waals surface area contributed by atoms with E-state index >= 15 is 0 Å². The van der Waals surface area contributed by atoms with Gasteiger partial charge in [0.15, 0.2) is 0 Å². The van der Waals surface area contributed by atoms with Crippen LogP contribution in [-0.4, -0.2) is 34.9 Å². The third kappa shape index (κ3) is 4.00. The smallest absolute Gasteiger partial charge is 0.315 e. The Labute approximate surface area is 136 Å². The summed E-state index contributed by atoms with van der Waals surface area (Å²) in [5, 5.41) is 18.0. The number of rotatable bonds is 4. The Morgan fingerprint density at radius 3 is 2.68 bits per heavy atom. The molecule has 2 unspecified atom stereocenters. The van der Waals surface area contributed by atoms with Crippen molar-refractivity contribution in [3.05, 3.63) is 22.4 Å². The molecule has 1 saturated heterocycles. The van der Waals surface area contributed by atoms with Gasteiger partial charge in [-0.3, -0.25) is 0 Å². The molecule has 124 valence electrons. The number of carbonyl (C=O) groups is 1. The van der Waals surface area contributed by atoms with Crippen molar-refractivity contribution in [1.29, 1.82) is 0 Å². The summed E-state index contributed by atoms with van der Waals surface area (Å²) in [6.07, 6.45) is 0.759. The molecule has 1 aromatic heterocycles. The van der Waals surface area contributed by atoms with Gasteiger partial charge in [-0.05, 0) is 52.5 Å². The molecule has 3 N–H and O–H groups in total. The van der Waals surface area contributed by atoms with Crippen LogP contribution in [0.15, 0.2) is 17.5 Å². The van der Waals surface area contributed by atoms with E-state index in [1.54, 1.807) is 6.92 Å². The molecule has 2 amide bonds. The molecule has 5 nitrogen and oxygen atoms in total. The normalized spacial score (nSPS) is 25.5. The van der Waals surface area contributed by atoms with Crippen LogP contribution in [0, 0.1) is 0 Å². The minimum Gasteiger partial charge on any atom is -0.383 e. The van der Waals surface area contributed by atoms with E-state index in [-0.39, 0.29) is 24.2 Å². The molecule has 0 bridgehead atoms. The molecule has 2 heterocycles. The van der Waals surface area contributed by atoms with Crippen LogP contribution >= 0.6 is 11.3 Å². The maximum Gasteiger partial charge on any atom is 0.315 e. The lowest BCUT2D eigenvalue weighted by Gasteiger charge is -2.28. The second kappa shape index (κ2) is 5.83. The zero-order valence-electron chi connectivity index (χ0n) is 13.9. The predicted molar refractivity (Wildman–Crippen MR) is 88.1 cm³/mol. The summed E-state index contributed by atoms with van der Waals surface area (Å²) >= 11 is 1.47. The van der Waals surface area contributed by atoms with E-state index in [0.717, 1.165) is 11.3 Å². The molecule has 0 saturated carbocycles. The fraction of sp³-hybridized carbons (Fsp3) is 0.688. The number of hydrogen-bond donors (Lipinski definition) is 3. The molecule has 0 radical (unpaired) electrons. The third-order valence-electron chi connectivity index (χ3n) is 4.02. The molecule has 6 heteroatoms. The Hall–Kier alpha value is -1.11. The van der Waals surface area contributed by atoms with Crippen LogP contribution in [0.25, 0.3) is 0 Å². The lowest BCUT2D eigenvalue weighted by atomic mass is 9.94. The Kier molecular flexibility index (Phi) is 4.57. The first-order chi connectivity index (χ1) is 10.0. The van der Waals surface area contributed by atoms with Crippen molar-refractivity contribution in [2.45, 2.75) is 63.9 Å². The first-order valence-corrected chi connectivity index (χ1v) is 8.41. The first-order valence-electron chi connectivity index (χ1n) is 7.53. The van der Waals surface area contributed by atoms with E-state index in [2.05, 4.69) is 10.6 Å². The zero-order chi connectivity index (χ0) is 16.6. The molecule has 1 aliphatic rings. The molecular formula is C16H26N2O3S. The maximum atomic E-state index is 12.1. The molecular weight excluding hydrogens is 300 g/mol. The second-order valence-corrected chi connectivity index (χ2v) is 8.25. The quantitative estimate of drug-likeness (QED) is 0.796. The van der Waals surface area contributed by atoms with Crippen LogP contribution in [0.4, 0.5) is 4.79 Å². The summed E-state index contributed by atoms with van der Waals surface area (Å²) < 4.78 is 5.96. The molecule has 1 fully saturated rings. The molecule has 1 aromatic rings. The summed E-state index contributed by atoms with van der Waals surface area (Å²) in [5.74, 6) is 0. The standard InChI is InChI=1S/C16H26N2O3S/c1-14(2)9-11(15(3,4)21-14)18-13(19)17-10-16(5,20)12-7-6-8-22-12/h6-8,11,20H,9-10H2,1-5H3,(H2,17,18,19). The second-order valence-electron chi connectivity index (χ2n) is 7.30. The van der Waals surface area contributed by atoms with Crippen LogP contribution in [-0.2, 0) is 10.3 Å². The summed E-state index contributed by atoms with van der Waals surface area (Å²) in [4.78, 5) is 13.0. The van der Waals surface area contributed by atoms with Crippen LogP contribution in [0.5, 0.6) is 0 Å². The highest BCUT2D eigenvalue weighted by atomic mass is 32.1. The minimum atomic E-state index is -1.06.